The number of fused-ring (bicyclic) bond motifs is 1. The highest BCUT2D eigenvalue weighted by molar-refractivity contribution is 5.94. The van der Waals surface area contributed by atoms with Crippen LogP contribution >= 0.6 is 12.4 Å². The van der Waals surface area contributed by atoms with Crippen molar-refractivity contribution in [2.45, 2.75) is 52.0 Å². The number of ether oxygens (including phenoxy) is 1. The van der Waals surface area contributed by atoms with E-state index >= 15 is 0 Å². The van der Waals surface area contributed by atoms with Gasteiger partial charge in [-0.25, -0.2) is 0 Å². The van der Waals surface area contributed by atoms with Crippen LogP contribution in [0.5, 0.6) is 5.75 Å². The Kier molecular flexibility index (Phi) is 9.60. The fraction of sp³-hybridized carbons (Fsp3) is 0.600. The van der Waals surface area contributed by atoms with Gasteiger partial charge in [0.2, 0.25) is 11.8 Å². The summed E-state index contributed by atoms with van der Waals surface area (Å²) in [5, 5.41) is 2.85. The number of anilines is 1. The first-order valence-corrected chi connectivity index (χ1v) is 9.42. The van der Waals surface area contributed by atoms with E-state index in [9.17, 15) is 9.59 Å². The lowest BCUT2D eigenvalue weighted by atomic mass is 10.0. The van der Waals surface area contributed by atoms with E-state index in [0.717, 1.165) is 29.8 Å². The normalized spacial score (nSPS) is 14.0. The Morgan fingerprint density at radius 3 is 2.78 bits per heavy atom. The van der Waals surface area contributed by atoms with Crippen LogP contribution in [0.4, 0.5) is 5.69 Å². The molecule has 2 amide bonds. The van der Waals surface area contributed by atoms with Crippen LogP contribution in [0.25, 0.3) is 0 Å². The van der Waals surface area contributed by atoms with Crippen LogP contribution in [0.15, 0.2) is 18.2 Å². The summed E-state index contributed by atoms with van der Waals surface area (Å²) in [6, 6.07) is 5.82. The van der Waals surface area contributed by atoms with E-state index in [0.29, 0.717) is 38.3 Å². The van der Waals surface area contributed by atoms with Gasteiger partial charge in [0.25, 0.3) is 0 Å². The van der Waals surface area contributed by atoms with Gasteiger partial charge in [-0.05, 0) is 48.9 Å². The Hall–Kier alpha value is -1.79. The first-order chi connectivity index (χ1) is 12.4. The number of nitrogens with zero attached hydrogens (tertiary/aromatic N) is 1. The molecule has 1 atom stereocenters. The van der Waals surface area contributed by atoms with E-state index in [2.05, 4.69) is 19.2 Å². The Labute approximate surface area is 168 Å². The molecule has 0 aliphatic carbocycles. The van der Waals surface area contributed by atoms with Crippen LogP contribution in [-0.2, 0) is 16.0 Å². The number of rotatable bonds is 9. The van der Waals surface area contributed by atoms with Crippen molar-refractivity contribution in [2.24, 2.45) is 11.7 Å². The molecule has 0 saturated carbocycles. The van der Waals surface area contributed by atoms with E-state index in [-0.39, 0.29) is 30.3 Å². The molecule has 0 fully saturated rings. The second kappa shape index (κ2) is 11.1. The summed E-state index contributed by atoms with van der Waals surface area (Å²) in [6.45, 7) is 5.38. The van der Waals surface area contributed by atoms with Crippen LogP contribution in [0.3, 0.4) is 0 Å². The maximum Gasteiger partial charge on any atom is 0.224 e. The molecule has 6 nitrogen and oxygen atoms in total. The molecule has 0 spiro atoms. The number of aryl methyl sites for hydroxylation is 1. The summed E-state index contributed by atoms with van der Waals surface area (Å²) < 4.78 is 5.76. The minimum Gasteiger partial charge on any atom is -0.494 e. The van der Waals surface area contributed by atoms with E-state index in [1.165, 1.54) is 0 Å². The van der Waals surface area contributed by atoms with Gasteiger partial charge in [-0.2, -0.15) is 0 Å². The number of amides is 2. The highest BCUT2D eigenvalue weighted by Gasteiger charge is 2.15. The van der Waals surface area contributed by atoms with Crippen LogP contribution < -0.4 is 15.8 Å². The summed E-state index contributed by atoms with van der Waals surface area (Å²) >= 11 is 0. The van der Waals surface area contributed by atoms with Crippen molar-refractivity contribution in [3.63, 3.8) is 0 Å². The Morgan fingerprint density at radius 1 is 1.33 bits per heavy atom. The van der Waals surface area contributed by atoms with E-state index in [4.69, 9.17) is 10.5 Å². The lowest BCUT2D eigenvalue weighted by Crippen LogP contribution is -2.34. The first kappa shape index (κ1) is 23.2. The Bertz CT molecular complexity index is 637. The number of hydrogen-bond donors (Lipinski definition) is 2. The molecule has 27 heavy (non-hydrogen) atoms. The molecule has 152 valence electrons. The molecule has 1 unspecified atom stereocenters. The number of halogens is 1. The predicted octanol–water partition coefficient (Wildman–Crippen LogP) is 2.98. The largest absolute Gasteiger partial charge is 0.494 e. The molecule has 1 aromatic rings. The number of benzene rings is 1. The molecule has 0 aromatic heterocycles. The zero-order valence-corrected chi connectivity index (χ0v) is 17.3. The zero-order valence-electron chi connectivity index (χ0n) is 16.5. The number of nitrogens with two attached hydrogens (primary N) is 1. The van der Waals surface area contributed by atoms with Gasteiger partial charge in [0.05, 0.1) is 6.61 Å². The van der Waals surface area contributed by atoms with Gasteiger partial charge in [0, 0.05) is 38.2 Å². The molecule has 1 heterocycles. The smallest absolute Gasteiger partial charge is 0.224 e. The minimum absolute atomic E-state index is 0. The molecule has 1 aliphatic rings. The van der Waals surface area contributed by atoms with Gasteiger partial charge in [-0.3, -0.25) is 9.59 Å². The highest BCUT2D eigenvalue weighted by atomic mass is 35.5. The van der Waals surface area contributed by atoms with Crippen LogP contribution in [0.2, 0.25) is 0 Å². The van der Waals surface area contributed by atoms with Crippen molar-refractivity contribution < 1.29 is 14.3 Å². The van der Waals surface area contributed by atoms with Crippen LogP contribution in [0, 0.1) is 5.92 Å². The topological polar surface area (TPSA) is 84.7 Å². The standard InChI is InChI=1S/C20H31N3O3.ClH/c1-14(2)17(21)10-11-23(3)20(25)5-4-12-26-16-7-8-18-15(13-16)6-9-19(24)22-18;/h7-8,13-14,17H,4-6,9-12,21H2,1-3H3,(H,22,24);1H. The van der Waals surface area contributed by atoms with Crippen molar-refractivity contribution in [2.75, 3.05) is 25.5 Å². The molecule has 2 rings (SSSR count). The fourth-order valence-electron chi connectivity index (χ4n) is 2.85. The highest BCUT2D eigenvalue weighted by Crippen LogP contribution is 2.26. The van der Waals surface area contributed by atoms with Crippen molar-refractivity contribution in [1.29, 1.82) is 0 Å². The molecular weight excluding hydrogens is 366 g/mol. The third kappa shape index (κ3) is 7.39. The number of nitrogens with one attached hydrogen (secondary N) is 1. The maximum absolute atomic E-state index is 12.1. The third-order valence-corrected chi connectivity index (χ3v) is 4.86. The molecule has 1 aliphatic heterocycles. The van der Waals surface area contributed by atoms with Crippen LogP contribution in [-0.4, -0.2) is 43.0 Å². The van der Waals surface area contributed by atoms with Gasteiger partial charge < -0.3 is 20.7 Å². The third-order valence-electron chi connectivity index (χ3n) is 4.86. The number of hydrogen-bond acceptors (Lipinski definition) is 4. The molecule has 7 heteroatoms. The monoisotopic (exact) mass is 397 g/mol. The van der Waals surface area contributed by atoms with Crippen molar-refractivity contribution in [3.05, 3.63) is 23.8 Å². The summed E-state index contributed by atoms with van der Waals surface area (Å²) in [4.78, 5) is 25.3. The van der Waals surface area contributed by atoms with E-state index in [1.807, 2.05) is 25.2 Å². The SMILES string of the molecule is CC(C)C(N)CCN(C)C(=O)CCCOc1ccc2c(c1)CCC(=O)N2.Cl. The summed E-state index contributed by atoms with van der Waals surface area (Å²) in [5.41, 5.74) is 7.99. The van der Waals surface area contributed by atoms with E-state index in [1.54, 1.807) is 4.90 Å². The van der Waals surface area contributed by atoms with Crippen LogP contribution in [0.1, 0.15) is 45.1 Å². The van der Waals surface area contributed by atoms with Gasteiger partial charge in [-0.15, -0.1) is 12.4 Å². The molecule has 0 radical (unpaired) electrons. The van der Waals surface area contributed by atoms with Gasteiger partial charge in [-0.1, -0.05) is 13.8 Å². The predicted molar refractivity (Wildman–Crippen MR) is 110 cm³/mol. The average molecular weight is 398 g/mol. The summed E-state index contributed by atoms with van der Waals surface area (Å²) in [7, 11) is 1.83. The molecule has 3 N–H and O–H groups in total. The van der Waals surface area contributed by atoms with Crippen molar-refractivity contribution in [3.8, 4) is 5.75 Å². The lowest BCUT2D eigenvalue weighted by Gasteiger charge is -2.21. The van der Waals surface area contributed by atoms with Gasteiger partial charge in [0.15, 0.2) is 0 Å². The fourth-order valence-corrected chi connectivity index (χ4v) is 2.85. The quantitative estimate of drug-likeness (QED) is 0.627. The molecule has 0 bridgehead atoms. The number of carbonyl (C=O) groups excluding carboxylic acids is 2. The average Bonchev–Trinajstić information content (AvgIpc) is 2.62. The lowest BCUT2D eigenvalue weighted by molar-refractivity contribution is -0.130. The zero-order chi connectivity index (χ0) is 19.1. The Morgan fingerprint density at radius 2 is 2.07 bits per heavy atom. The second-order valence-electron chi connectivity index (χ2n) is 7.33. The first-order valence-electron chi connectivity index (χ1n) is 9.42. The molecular formula is C20H32ClN3O3. The maximum atomic E-state index is 12.1. The van der Waals surface area contributed by atoms with Crippen molar-refractivity contribution in [1.82, 2.24) is 4.90 Å². The number of carbonyl (C=O) groups is 2. The second-order valence-corrected chi connectivity index (χ2v) is 7.33. The van der Waals surface area contributed by atoms with Crippen molar-refractivity contribution >= 4 is 29.9 Å². The molecule has 0 saturated heterocycles. The Balaban J connectivity index is 0.00000364. The minimum atomic E-state index is 0. The van der Waals surface area contributed by atoms with Gasteiger partial charge >= 0.3 is 0 Å². The summed E-state index contributed by atoms with van der Waals surface area (Å²) in [5.74, 6) is 1.39. The van der Waals surface area contributed by atoms with Gasteiger partial charge in [0.1, 0.15) is 5.75 Å². The molecule has 1 aromatic carbocycles. The van der Waals surface area contributed by atoms with E-state index < -0.39 is 0 Å². The summed E-state index contributed by atoms with van der Waals surface area (Å²) in [6.07, 6.45) is 3.21.